The van der Waals surface area contributed by atoms with Crippen molar-refractivity contribution < 1.29 is 14.2 Å². The summed E-state index contributed by atoms with van der Waals surface area (Å²) in [7, 11) is 0. The summed E-state index contributed by atoms with van der Waals surface area (Å²) in [6, 6.07) is 125. The van der Waals surface area contributed by atoms with Gasteiger partial charge in [-0.05, 0) is 214 Å². The summed E-state index contributed by atoms with van der Waals surface area (Å²) < 4.78 is 19.6. The first-order valence-corrected chi connectivity index (χ1v) is 45.4. The summed E-state index contributed by atoms with van der Waals surface area (Å²) in [5.74, 6) is 11.8. The van der Waals surface area contributed by atoms with Crippen molar-refractivity contribution in [3.8, 4) is 137 Å². The lowest BCUT2D eigenvalue weighted by Crippen LogP contribution is -2.19. The number of rotatable bonds is 16. The van der Waals surface area contributed by atoms with Gasteiger partial charge >= 0.3 is 0 Å². The number of aryl methyl sites for hydroxylation is 2. The summed E-state index contributed by atoms with van der Waals surface area (Å²) in [5, 5.41) is 0. The first-order chi connectivity index (χ1) is 64.2. The molecule has 3 aromatic heterocycles. The first-order valence-electron chi connectivity index (χ1n) is 45.4. The maximum atomic E-state index is 6.64. The Morgan fingerprint density at radius 1 is 0.220 bits per heavy atom. The topological polar surface area (TPSA) is 153 Å². The monoisotopic (exact) mass is 1720 g/mol. The number of benzene rings is 15. The molecule has 0 radical (unpaired) electrons. The Kier molecular flexibility index (Phi) is 23.8. The second-order valence-electron chi connectivity index (χ2n) is 36.0. The highest BCUT2D eigenvalue weighted by atomic mass is 16.5. The number of ether oxygens (including phenoxy) is 3. The predicted molar refractivity (Wildman–Crippen MR) is 537 cm³/mol. The van der Waals surface area contributed by atoms with E-state index in [0.29, 0.717) is 64.3 Å². The molecule has 0 fully saturated rings. The van der Waals surface area contributed by atoms with E-state index in [1.54, 1.807) is 0 Å². The summed E-state index contributed by atoms with van der Waals surface area (Å²) in [6.07, 6.45) is 1.91. The maximum absolute atomic E-state index is 6.64. The van der Waals surface area contributed by atoms with Gasteiger partial charge in [0.25, 0.3) is 0 Å². The quantitative estimate of drug-likeness (QED) is 0.0901. The van der Waals surface area contributed by atoms with Gasteiger partial charge in [0.05, 0.1) is 34.1 Å². The van der Waals surface area contributed by atoms with E-state index in [4.69, 9.17) is 59.1 Å². The zero-order valence-corrected chi connectivity index (χ0v) is 76.3. The van der Waals surface area contributed by atoms with E-state index < -0.39 is 0 Å². The van der Waals surface area contributed by atoms with Crippen LogP contribution in [-0.2, 0) is 23.7 Å². The molecule has 15 heteroatoms. The van der Waals surface area contributed by atoms with E-state index >= 15 is 0 Å². The van der Waals surface area contributed by atoms with Crippen molar-refractivity contribution in [2.45, 2.75) is 119 Å². The van der Waals surface area contributed by atoms with E-state index in [9.17, 15) is 0 Å². The Morgan fingerprint density at radius 2 is 0.417 bits per heavy atom. The summed E-state index contributed by atoms with van der Waals surface area (Å²) in [5.41, 5.74) is 25.1. The van der Waals surface area contributed by atoms with Crippen LogP contribution >= 0.6 is 0 Å². The van der Waals surface area contributed by atoms with Crippen LogP contribution in [0.3, 0.4) is 0 Å². The number of aromatic nitrogens is 9. The fourth-order valence-electron chi connectivity index (χ4n) is 16.6. The fraction of sp³-hybridized carbons (Fsp3) is 0.154. The minimum Gasteiger partial charge on any atom is -0.453 e. The van der Waals surface area contributed by atoms with Gasteiger partial charge in [-0.3, -0.25) is 0 Å². The molecule has 3 aliphatic rings. The van der Waals surface area contributed by atoms with Crippen LogP contribution in [0.1, 0.15) is 128 Å². The van der Waals surface area contributed by atoms with Gasteiger partial charge in [-0.25, -0.2) is 44.9 Å². The largest absolute Gasteiger partial charge is 0.453 e. The van der Waals surface area contributed by atoms with Gasteiger partial charge in [0.15, 0.2) is 86.9 Å². The third-order valence-corrected chi connectivity index (χ3v) is 24.2. The van der Waals surface area contributed by atoms with Gasteiger partial charge in [0.1, 0.15) is 0 Å². The van der Waals surface area contributed by atoms with E-state index in [2.05, 4.69) is 280 Å². The lowest BCUT2D eigenvalue weighted by molar-refractivity contribution is 0.469. The third-order valence-electron chi connectivity index (χ3n) is 24.2. The van der Waals surface area contributed by atoms with Crippen LogP contribution in [0.4, 0.5) is 51.2 Å². The molecule has 21 rings (SSSR count). The molecule has 0 saturated heterocycles. The SMILES string of the molecule is CC(C)(C)c1ccc2c(c1)Oc1cc(C(C)(C)C)ccc1N2c1ccc(-c2nc(-c3ccccc3)nc(-c3ccccc3)n2)cc1.CC(C)c1ccc2c(c1)Oc1cc(C(C)C)ccc1N2c1ccc(-c2nc(-c3ccccc3)nc(-c3ccccc3)n2)cc1.CCc1ccc2c(c1)Oc1cc(CC)ccc1N2c1ccc(-c2nc(-c3ccccc3)nc(-c3ccccc3)n2)cc1. The Labute approximate surface area is 773 Å². The van der Waals surface area contributed by atoms with Crippen molar-refractivity contribution in [2.24, 2.45) is 0 Å². The molecule has 15 nitrogen and oxygen atoms in total. The van der Waals surface area contributed by atoms with Crippen LogP contribution in [0.5, 0.6) is 34.5 Å². The van der Waals surface area contributed by atoms with Crippen LogP contribution in [0.2, 0.25) is 0 Å². The van der Waals surface area contributed by atoms with E-state index in [1.807, 2.05) is 182 Å². The Morgan fingerprint density at radius 3 is 0.629 bits per heavy atom. The van der Waals surface area contributed by atoms with Crippen molar-refractivity contribution in [3.05, 3.63) is 397 Å². The minimum atomic E-state index is 0.000149. The summed E-state index contributed by atoms with van der Waals surface area (Å²) in [6.45, 7) is 26.5. The van der Waals surface area contributed by atoms with Gasteiger partial charge in [0.2, 0.25) is 0 Å². The molecule has 0 aliphatic carbocycles. The van der Waals surface area contributed by atoms with Crippen LogP contribution in [0, 0.1) is 0 Å². The Hall–Kier alpha value is -15.9. The molecule has 6 heterocycles. The molecule has 15 aromatic carbocycles. The zero-order valence-electron chi connectivity index (χ0n) is 76.3. The van der Waals surface area contributed by atoms with Crippen LogP contribution in [0.25, 0.3) is 102 Å². The first kappa shape index (κ1) is 85.6. The smallest absolute Gasteiger partial charge is 0.164 e. The lowest BCUT2D eigenvalue weighted by Gasteiger charge is -2.35. The van der Waals surface area contributed by atoms with Gasteiger partial charge in [-0.15, -0.1) is 0 Å². The third kappa shape index (κ3) is 18.1. The predicted octanol–water partition coefficient (Wildman–Crippen LogP) is 31.3. The highest BCUT2D eigenvalue weighted by Gasteiger charge is 2.33. The van der Waals surface area contributed by atoms with Crippen LogP contribution in [0.15, 0.2) is 364 Å². The number of fused-ring (bicyclic) bond motifs is 6. The van der Waals surface area contributed by atoms with Gasteiger partial charge in [0, 0.05) is 67.1 Å². The Bertz CT molecular complexity index is 6850. The highest BCUT2D eigenvalue weighted by Crippen LogP contribution is 2.56. The molecule has 0 unspecified atom stereocenters. The molecular formula is C117H102N12O3. The van der Waals surface area contributed by atoms with Gasteiger partial charge in [-0.1, -0.05) is 301 Å². The highest BCUT2D eigenvalue weighted by molar-refractivity contribution is 5.91. The fourth-order valence-corrected chi connectivity index (χ4v) is 16.6. The molecule has 648 valence electrons. The molecule has 0 amide bonds. The van der Waals surface area contributed by atoms with Crippen molar-refractivity contribution in [2.75, 3.05) is 14.7 Å². The Balaban J connectivity index is 0.000000128. The molecule has 18 aromatic rings. The molecule has 0 bridgehead atoms. The number of hydrogen-bond donors (Lipinski definition) is 0. The minimum absolute atomic E-state index is 0.000149. The molecule has 0 atom stereocenters. The van der Waals surface area contributed by atoms with E-state index in [1.165, 1.54) is 33.4 Å². The molecular weight excluding hydrogens is 1620 g/mol. The summed E-state index contributed by atoms with van der Waals surface area (Å²) >= 11 is 0. The summed E-state index contributed by atoms with van der Waals surface area (Å²) in [4.78, 5) is 50.8. The van der Waals surface area contributed by atoms with Crippen LogP contribution < -0.4 is 28.9 Å². The van der Waals surface area contributed by atoms with Gasteiger partial charge in [-0.2, -0.15) is 0 Å². The lowest BCUT2D eigenvalue weighted by atomic mass is 9.86. The molecule has 132 heavy (non-hydrogen) atoms. The zero-order chi connectivity index (χ0) is 90.7. The molecule has 0 spiro atoms. The molecule has 0 N–H and O–H groups in total. The number of hydrogen-bond acceptors (Lipinski definition) is 15. The standard InChI is InChI=1S/C41H38N4O.C39H34N4O.C37H30N4O/c1-40(2,3)30-19-23-33-35(25-30)46-36-26-31(41(4,5)6)20-24-34(36)45(33)32-21-17-29(18-22-32)39-43-37(27-13-9-7-10-14-27)42-38(44-39)28-15-11-8-12-16-28;1-25(2)30-17-21-33-35(23-30)44-36-24-31(26(3)4)18-22-34(36)43(33)32-19-15-29(16-20-32)39-41-37(27-11-7-5-8-12-27)40-38(42-39)28-13-9-6-10-14-28;1-3-25-15-21-31-33(23-25)42-34-24-26(4-2)16-22-32(34)41(31)30-19-17-29(18-20-30)37-39-35(27-11-7-5-8-12-27)38-36(40-37)28-13-9-6-10-14-28/h7-26H,1-6H3;5-26H,1-4H3;5-24H,3-4H2,1-2H3. The van der Waals surface area contributed by atoms with E-state index in [-0.39, 0.29) is 10.8 Å². The van der Waals surface area contributed by atoms with E-state index in [0.717, 1.165) is 149 Å². The second-order valence-corrected chi connectivity index (χ2v) is 36.0. The maximum Gasteiger partial charge on any atom is 0.164 e. The normalized spacial score (nSPS) is 12.3. The number of nitrogens with zero attached hydrogens (tertiary/aromatic N) is 12. The molecule has 0 saturated carbocycles. The van der Waals surface area contributed by atoms with Crippen LogP contribution in [-0.4, -0.2) is 44.9 Å². The van der Waals surface area contributed by atoms with Crippen molar-refractivity contribution >= 4 is 51.2 Å². The second kappa shape index (κ2) is 36.7. The van der Waals surface area contributed by atoms with Gasteiger partial charge < -0.3 is 28.9 Å². The average Bonchev–Trinajstić information content (AvgIpc) is 0.749. The van der Waals surface area contributed by atoms with Crippen molar-refractivity contribution in [1.82, 2.24) is 44.9 Å². The molecule has 3 aliphatic heterocycles. The number of anilines is 9. The van der Waals surface area contributed by atoms with Crippen molar-refractivity contribution in [3.63, 3.8) is 0 Å². The van der Waals surface area contributed by atoms with Crippen molar-refractivity contribution in [1.29, 1.82) is 0 Å². The average molecular weight is 1720 g/mol.